The number of benzene rings is 1. The lowest BCUT2D eigenvalue weighted by atomic mass is 10.1. The second kappa shape index (κ2) is 7.82. The lowest BCUT2D eigenvalue weighted by Gasteiger charge is -2.18. The molecule has 1 rings (SSSR count). The van der Waals surface area contributed by atoms with Gasteiger partial charge < -0.3 is 5.32 Å². The number of nitrogens with zero attached hydrogens (tertiary/aromatic N) is 1. The minimum atomic E-state index is -3.88. The maximum Gasteiger partial charge on any atom is 0.252 e. The summed E-state index contributed by atoms with van der Waals surface area (Å²) in [5.41, 5.74) is 1.82. The highest BCUT2D eigenvalue weighted by molar-refractivity contribution is 7.89. The van der Waals surface area contributed by atoms with Crippen LogP contribution in [0.1, 0.15) is 24.5 Å². The first-order valence-corrected chi connectivity index (χ1v) is 8.27. The molecule has 0 atom stereocenters. The fourth-order valence-electron chi connectivity index (χ4n) is 1.87. The highest BCUT2D eigenvalue weighted by Crippen LogP contribution is 2.19. The number of halogens is 2. The first-order chi connectivity index (χ1) is 9.78. The molecular formula is C14H22F2N2O2S. The van der Waals surface area contributed by atoms with E-state index in [1.54, 1.807) is 12.1 Å². The number of aryl methyl sites for hydroxylation is 1. The summed E-state index contributed by atoms with van der Waals surface area (Å²) >= 11 is 0. The molecule has 0 spiro atoms. The van der Waals surface area contributed by atoms with Crippen molar-refractivity contribution in [2.75, 3.05) is 20.1 Å². The monoisotopic (exact) mass is 320 g/mol. The van der Waals surface area contributed by atoms with Gasteiger partial charge in [-0.2, -0.15) is 4.31 Å². The van der Waals surface area contributed by atoms with Crippen molar-refractivity contribution in [2.24, 2.45) is 0 Å². The Hall–Kier alpha value is -1.05. The van der Waals surface area contributed by atoms with Crippen molar-refractivity contribution in [1.82, 2.24) is 9.62 Å². The molecule has 1 N–H and O–H groups in total. The third-order valence-corrected chi connectivity index (χ3v) is 4.99. The van der Waals surface area contributed by atoms with E-state index in [-0.39, 0.29) is 4.90 Å². The van der Waals surface area contributed by atoms with Crippen LogP contribution in [-0.4, -0.2) is 39.3 Å². The average Bonchev–Trinajstić information content (AvgIpc) is 2.40. The van der Waals surface area contributed by atoms with Crippen LogP contribution in [0.15, 0.2) is 23.1 Å². The lowest BCUT2D eigenvalue weighted by molar-refractivity contribution is 0.126. The van der Waals surface area contributed by atoms with Gasteiger partial charge in [0, 0.05) is 13.6 Å². The van der Waals surface area contributed by atoms with E-state index in [2.05, 4.69) is 5.32 Å². The van der Waals surface area contributed by atoms with Crippen LogP contribution in [0.4, 0.5) is 8.78 Å². The van der Waals surface area contributed by atoms with Crippen LogP contribution in [0, 0.1) is 6.92 Å². The Kier molecular flexibility index (Phi) is 6.70. The molecule has 0 aliphatic carbocycles. The Balaban J connectivity index is 2.99. The molecule has 7 heteroatoms. The highest BCUT2D eigenvalue weighted by atomic mass is 32.2. The van der Waals surface area contributed by atoms with E-state index in [9.17, 15) is 17.2 Å². The zero-order valence-corrected chi connectivity index (χ0v) is 13.4. The fourth-order valence-corrected chi connectivity index (χ4v) is 3.07. The third kappa shape index (κ3) is 5.01. The molecule has 0 unspecified atom stereocenters. The van der Waals surface area contributed by atoms with Gasteiger partial charge in [-0.1, -0.05) is 13.0 Å². The van der Waals surface area contributed by atoms with Crippen LogP contribution >= 0.6 is 0 Å². The maximum atomic E-state index is 12.4. The molecule has 1 aromatic rings. The molecule has 0 saturated heterocycles. The molecule has 0 heterocycles. The molecule has 0 fully saturated rings. The molecule has 0 bridgehead atoms. The van der Waals surface area contributed by atoms with Crippen LogP contribution in [0.25, 0.3) is 0 Å². The first-order valence-electron chi connectivity index (χ1n) is 6.83. The maximum absolute atomic E-state index is 12.4. The minimum absolute atomic E-state index is 0.0459. The predicted molar refractivity (Wildman–Crippen MR) is 79.0 cm³/mol. The van der Waals surface area contributed by atoms with Gasteiger partial charge in [0.05, 0.1) is 11.4 Å². The van der Waals surface area contributed by atoms with Crippen LogP contribution in [0.2, 0.25) is 0 Å². The zero-order chi connectivity index (χ0) is 16.0. The molecular weight excluding hydrogens is 298 g/mol. The van der Waals surface area contributed by atoms with Crippen molar-refractivity contribution in [3.8, 4) is 0 Å². The first kappa shape index (κ1) is 18.0. The summed E-state index contributed by atoms with van der Waals surface area (Å²) in [5.74, 6) is 0. The topological polar surface area (TPSA) is 49.4 Å². The normalized spacial score (nSPS) is 12.3. The smallest absolute Gasteiger partial charge is 0.252 e. The summed E-state index contributed by atoms with van der Waals surface area (Å²) < 4.78 is 49.9. The highest BCUT2D eigenvalue weighted by Gasteiger charge is 2.24. The van der Waals surface area contributed by atoms with Crippen molar-refractivity contribution in [1.29, 1.82) is 0 Å². The van der Waals surface area contributed by atoms with E-state index in [1.807, 2.05) is 13.8 Å². The Labute approximate surface area is 125 Å². The van der Waals surface area contributed by atoms with E-state index in [0.29, 0.717) is 10.8 Å². The molecule has 0 aromatic heterocycles. The van der Waals surface area contributed by atoms with Gasteiger partial charge in [-0.05, 0) is 43.1 Å². The fraction of sp³-hybridized carbons (Fsp3) is 0.571. The minimum Gasteiger partial charge on any atom is -0.313 e. The Bertz CT molecular complexity index is 562. The number of rotatable bonds is 8. The molecule has 0 amide bonds. The molecule has 0 aliphatic rings. The predicted octanol–water partition coefficient (Wildman–Crippen LogP) is 2.38. The molecule has 0 aliphatic heterocycles. The molecule has 1 aromatic carbocycles. The van der Waals surface area contributed by atoms with E-state index < -0.39 is 23.0 Å². The number of sulfonamides is 1. The van der Waals surface area contributed by atoms with Crippen LogP contribution in [0.3, 0.4) is 0 Å². The molecule has 4 nitrogen and oxygen atoms in total. The molecule has 120 valence electrons. The number of alkyl halides is 2. The molecule has 0 radical (unpaired) electrons. The van der Waals surface area contributed by atoms with Gasteiger partial charge in [-0.3, -0.25) is 0 Å². The van der Waals surface area contributed by atoms with E-state index in [1.165, 1.54) is 6.07 Å². The Morgan fingerprint density at radius 3 is 2.57 bits per heavy atom. The lowest BCUT2D eigenvalue weighted by Crippen LogP contribution is -2.31. The second-order valence-electron chi connectivity index (χ2n) is 4.94. The van der Waals surface area contributed by atoms with Gasteiger partial charge in [-0.15, -0.1) is 0 Å². The van der Waals surface area contributed by atoms with Gasteiger partial charge in [0.25, 0.3) is 6.43 Å². The van der Waals surface area contributed by atoms with Crippen molar-refractivity contribution in [2.45, 2.75) is 38.1 Å². The zero-order valence-electron chi connectivity index (χ0n) is 12.6. The average molecular weight is 320 g/mol. The van der Waals surface area contributed by atoms with Gasteiger partial charge >= 0.3 is 0 Å². The van der Waals surface area contributed by atoms with Crippen molar-refractivity contribution < 1.29 is 17.2 Å². The molecule has 0 saturated carbocycles. The number of nitrogens with one attached hydrogen (secondary N) is 1. The summed E-state index contributed by atoms with van der Waals surface area (Å²) in [7, 11) is -2.72. The third-order valence-electron chi connectivity index (χ3n) is 3.17. The SMILES string of the molecule is CCCNCc1cc(S(=O)(=O)N(C)CC(F)F)ccc1C. The summed E-state index contributed by atoms with van der Waals surface area (Å²) in [4.78, 5) is 0.0459. The van der Waals surface area contributed by atoms with E-state index in [4.69, 9.17) is 0 Å². The summed E-state index contributed by atoms with van der Waals surface area (Å²) in [6.45, 7) is 4.52. The standard InChI is InChI=1S/C14H22F2N2O2S/c1-4-7-17-9-12-8-13(6-5-11(12)2)21(19,20)18(3)10-14(15)16/h5-6,8,14,17H,4,7,9-10H2,1-3H3. The van der Waals surface area contributed by atoms with Gasteiger partial charge in [0.15, 0.2) is 0 Å². The van der Waals surface area contributed by atoms with Crippen LogP contribution in [0.5, 0.6) is 0 Å². The van der Waals surface area contributed by atoms with Gasteiger partial charge in [-0.25, -0.2) is 17.2 Å². The van der Waals surface area contributed by atoms with Gasteiger partial charge in [0.2, 0.25) is 10.0 Å². The van der Waals surface area contributed by atoms with Crippen molar-refractivity contribution in [3.63, 3.8) is 0 Å². The second-order valence-corrected chi connectivity index (χ2v) is 6.99. The van der Waals surface area contributed by atoms with Crippen molar-refractivity contribution in [3.05, 3.63) is 29.3 Å². The van der Waals surface area contributed by atoms with E-state index in [0.717, 1.165) is 31.1 Å². The molecule has 21 heavy (non-hydrogen) atoms. The summed E-state index contributed by atoms with van der Waals surface area (Å²) in [5, 5.41) is 3.20. The van der Waals surface area contributed by atoms with Crippen molar-refractivity contribution >= 4 is 10.0 Å². The van der Waals surface area contributed by atoms with Crippen LogP contribution in [-0.2, 0) is 16.6 Å². The summed E-state index contributed by atoms with van der Waals surface area (Å²) in [6, 6.07) is 4.71. The van der Waals surface area contributed by atoms with E-state index >= 15 is 0 Å². The summed E-state index contributed by atoms with van der Waals surface area (Å²) in [6.07, 6.45) is -1.71. The van der Waals surface area contributed by atoms with Crippen LogP contribution < -0.4 is 5.32 Å². The van der Waals surface area contributed by atoms with Gasteiger partial charge in [0.1, 0.15) is 0 Å². The number of hydrogen-bond acceptors (Lipinski definition) is 3. The Morgan fingerprint density at radius 2 is 2.00 bits per heavy atom. The quantitative estimate of drug-likeness (QED) is 0.748. The Morgan fingerprint density at radius 1 is 1.33 bits per heavy atom. The largest absolute Gasteiger partial charge is 0.313 e. The number of hydrogen-bond donors (Lipinski definition) is 1.